The minimum atomic E-state index is -4.73. The zero-order chi connectivity index (χ0) is 25.0. The van der Waals surface area contributed by atoms with Crippen molar-refractivity contribution in [3.8, 4) is 17.2 Å². The quantitative estimate of drug-likeness (QED) is 0.118. The number of hydrogen-bond acceptors (Lipinski definition) is 5. The molecule has 178 valence electrons. The first-order valence-corrected chi connectivity index (χ1v) is 11.3. The lowest BCUT2D eigenvalue weighted by molar-refractivity contribution is -0.385. The fourth-order valence-electron chi connectivity index (χ4n) is 2.94. The number of nitro benzene ring substituents is 1. The van der Waals surface area contributed by atoms with Crippen molar-refractivity contribution in [2.24, 2.45) is 4.99 Å². The van der Waals surface area contributed by atoms with Crippen molar-refractivity contribution in [3.63, 3.8) is 0 Å². The number of nitrogens with zero attached hydrogens (tertiary/aromatic N) is 2. The first kappa shape index (κ1) is 25.8. The Kier molecular flexibility index (Phi) is 8.03. The Bertz CT molecular complexity index is 1270. The summed E-state index contributed by atoms with van der Waals surface area (Å²) in [7, 11) is 0. The molecule has 6 nitrogen and oxygen atoms in total. The van der Waals surface area contributed by atoms with E-state index in [2.05, 4.69) is 4.99 Å². The average Bonchev–Trinajstić information content (AvgIpc) is 2.76. The van der Waals surface area contributed by atoms with Crippen molar-refractivity contribution in [2.75, 3.05) is 6.61 Å². The van der Waals surface area contributed by atoms with Crippen molar-refractivity contribution >= 4 is 51.8 Å². The summed E-state index contributed by atoms with van der Waals surface area (Å²) >= 11 is 8.09. The van der Waals surface area contributed by atoms with Gasteiger partial charge in [0.2, 0.25) is 5.75 Å². The third kappa shape index (κ3) is 5.98. The Morgan fingerprint density at radius 2 is 1.91 bits per heavy atom. The van der Waals surface area contributed by atoms with E-state index in [9.17, 15) is 23.3 Å². The maximum atomic E-state index is 13.0. The maximum Gasteiger partial charge on any atom is 0.416 e. The number of halogens is 5. The Balaban J connectivity index is 2.01. The summed E-state index contributed by atoms with van der Waals surface area (Å²) in [6, 6.07) is 10.8. The molecule has 11 heteroatoms. The first-order chi connectivity index (χ1) is 16.0. The Labute approximate surface area is 211 Å². The summed E-state index contributed by atoms with van der Waals surface area (Å²) in [6.45, 7) is 3.85. The number of nitro groups is 1. The molecule has 0 aliphatic carbocycles. The SMILES string of the molecule is CCOc1cc(C=Nc2cccc(Cl)c2C)cc(I)c1Oc1ccc(C(F)(F)F)cc1[N+](=O)[O-]. The number of benzene rings is 3. The van der Waals surface area contributed by atoms with Gasteiger partial charge >= 0.3 is 11.9 Å². The van der Waals surface area contributed by atoms with Crippen molar-refractivity contribution in [3.05, 3.63) is 83.9 Å². The summed E-state index contributed by atoms with van der Waals surface area (Å²) in [6.07, 6.45) is -3.12. The molecule has 0 heterocycles. The van der Waals surface area contributed by atoms with E-state index in [0.717, 1.165) is 17.7 Å². The van der Waals surface area contributed by atoms with Crippen molar-refractivity contribution < 1.29 is 27.6 Å². The van der Waals surface area contributed by atoms with Gasteiger partial charge in [0.15, 0.2) is 11.5 Å². The van der Waals surface area contributed by atoms with E-state index in [-0.39, 0.29) is 23.9 Å². The van der Waals surface area contributed by atoms with Gasteiger partial charge in [0, 0.05) is 17.3 Å². The summed E-state index contributed by atoms with van der Waals surface area (Å²) in [4.78, 5) is 14.9. The number of rotatable bonds is 7. The Morgan fingerprint density at radius 3 is 2.56 bits per heavy atom. The van der Waals surface area contributed by atoms with Crippen LogP contribution in [0.25, 0.3) is 0 Å². The van der Waals surface area contributed by atoms with Gasteiger partial charge in [-0.15, -0.1) is 0 Å². The number of alkyl halides is 3. The number of aliphatic imine (C=N–C) groups is 1. The van der Waals surface area contributed by atoms with Crippen molar-refractivity contribution in [1.29, 1.82) is 0 Å². The minimum Gasteiger partial charge on any atom is -0.490 e. The van der Waals surface area contributed by atoms with E-state index in [4.69, 9.17) is 21.1 Å². The standard InChI is InChI=1S/C23H17ClF3IN2O4/c1-3-33-21-10-14(12-29-18-6-4-5-16(24)13(18)2)9-17(28)22(21)34-20-8-7-15(23(25,26)27)11-19(20)30(31)32/h4-12H,3H2,1-2H3. The van der Waals surface area contributed by atoms with Gasteiger partial charge < -0.3 is 9.47 Å². The summed E-state index contributed by atoms with van der Waals surface area (Å²) in [5.41, 5.74) is 0.196. The molecule has 0 unspecified atom stereocenters. The monoisotopic (exact) mass is 604 g/mol. The van der Waals surface area contributed by atoms with Crippen LogP contribution in [0.15, 0.2) is 53.5 Å². The lowest BCUT2D eigenvalue weighted by Gasteiger charge is -2.15. The molecule has 0 saturated heterocycles. The highest BCUT2D eigenvalue weighted by atomic mass is 127. The van der Waals surface area contributed by atoms with Crippen LogP contribution in [-0.2, 0) is 6.18 Å². The van der Waals surface area contributed by atoms with Gasteiger partial charge in [0.1, 0.15) is 0 Å². The van der Waals surface area contributed by atoms with Gasteiger partial charge in [-0.2, -0.15) is 13.2 Å². The fraction of sp³-hybridized carbons (Fsp3) is 0.174. The molecule has 3 rings (SSSR count). The van der Waals surface area contributed by atoms with Crippen LogP contribution in [0.2, 0.25) is 5.02 Å². The summed E-state index contributed by atoms with van der Waals surface area (Å²) < 4.78 is 50.9. The van der Waals surface area contributed by atoms with Crippen molar-refractivity contribution in [1.82, 2.24) is 0 Å². The van der Waals surface area contributed by atoms with Crippen LogP contribution in [0.3, 0.4) is 0 Å². The molecule has 0 aliphatic heterocycles. The predicted molar refractivity (Wildman–Crippen MR) is 132 cm³/mol. The highest BCUT2D eigenvalue weighted by Crippen LogP contribution is 2.42. The van der Waals surface area contributed by atoms with Crippen LogP contribution in [0.1, 0.15) is 23.6 Å². The van der Waals surface area contributed by atoms with Gasteiger partial charge in [-0.1, -0.05) is 17.7 Å². The van der Waals surface area contributed by atoms with Gasteiger partial charge in [0.05, 0.1) is 26.4 Å². The highest BCUT2D eigenvalue weighted by Gasteiger charge is 2.33. The molecule has 0 saturated carbocycles. The second-order valence-corrected chi connectivity index (χ2v) is 8.51. The average molecular weight is 605 g/mol. The summed E-state index contributed by atoms with van der Waals surface area (Å²) in [5, 5.41) is 12.0. The zero-order valence-electron chi connectivity index (χ0n) is 17.8. The largest absolute Gasteiger partial charge is 0.490 e. The molecule has 0 radical (unpaired) electrons. The lowest BCUT2D eigenvalue weighted by Crippen LogP contribution is -2.06. The topological polar surface area (TPSA) is 74.0 Å². The Hall–Kier alpha value is -2.86. The molecule has 0 atom stereocenters. The van der Waals surface area contributed by atoms with Gasteiger partial charge in [-0.3, -0.25) is 15.1 Å². The highest BCUT2D eigenvalue weighted by molar-refractivity contribution is 14.1. The van der Waals surface area contributed by atoms with Crippen LogP contribution >= 0.6 is 34.2 Å². The molecule has 3 aromatic rings. The van der Waals surface area contributed by atoms with Crippen LogP contribution < -0.4 is 9.47 Å². The lowest BCUT2D eigenvalue weighted by atomic mass is 10.1. The van der Waals surface area contributed by atoms with Crippen LogP contribution in [0.4, 0.5) is 24.5 Å². The molecule has 0 bridgehead atoms. The van der Waals surface area contributed by atoms with Crippen LogP contribution in [-0.4, -0.2) is 17.7 Å². The van der Waals surface area contributed by atoms with Crippen molar-refractivity contribution in [2.45, 2.75) is 20.0 Å². The van der Waals surface area contributed by atoms with E-state index in [1.165, 1.54) is 0 Å². The molecule has 0 spiro atoms. The van der Waals surface area contributed by atoms with Gasteiger partial charge in [-0.25, -0.2) is 0 Å². The van der Waals surface area contributed by atoms with Gasteiger partial charge in [-0.05, 0) is 84.0 Å². The van der Waals surface area contributed by atoms with Crippen LogP contribution in [0.5, 0.6) is 17.2 Å². The van der Waals surface area contributed by atoms with Gasteiger partial charge in [0.25, 0.3) is 0 Å². The molecular formula is C23H17ClF3IN2O4. The molecule has 34 heavy (non-hydrogen) atoms. The molecule has 0 fully saturated rings. The number of ether oxygens (including phenoxy) is 2. The molecule has 0 aliphatic rings. The first-order valence-electron chi connectivity index (χ1n) is 9.80. The zero-order valence-corrected chi connectivity index (χ0v) is 20.7. The minimum absolute atomic E-state index is 0.140. The normalized spacial score (nSPS) is 11.6. The second-order valence-electron chi connectivity index (χ2n) is 6.94. The third-order valence-corrected chi connectivity index (χ3v) is 5.83. The number of hydrogen-bond donors (Lipinski definition) is 0. The third-order valence-electron chi connectivity index (χ3n) is 4.62. The van der Waals surface area contributed by atoms with E-state index >= 15 is 0 Å². The second kappa shape index (κ2) is 10.6. The molecule has 0 aromatic heterocycles. The summed E-state index contributed by atoms with van der Waals surface area (Å²) in [5.74, 6) is 0.0575. The predicted octanol–water partition coefficient (Wildman–Crippen LogP) is 8.12. The van der Waals surface area contributed by atoms with E-state index in [1.54, 1.807) is 37.4 Å². The molecule has 0 N–H and O–H groups in total. The van der Waals surface area contributed by atoms with Crippen LogP contribution in [0, 0.1) is 20.6 Å². The maximum absolute atomic E-state index is 13.0. The molecule has 3 aromatic carbocycles. The van der Waals surface area contributed by atoms with E-state index in [0.29, 0.717) is 25.9 Å². The smallest absolute Gasteiger partial charge is 0.416 e. The molecule has 0 amide bonds. The van der Waals surface area contributed by atoms with E-state index in [1.807, 2.05) is 35.6 Å². The van der Waals surface area contributed by atoms with E-state index < -0.39 is 22.4 Å². The fourth-order valence-corrected chi connectivity index (χ4v) is 3.84. The molecular weight excluding hydrogens is 588 g/mol. The Morgan fingerprint density at radius 1 is 1.18 bits per heavy atom.